The summed E-state index contributed by atoms with van der Waals surface area (Å²) in [5.74, 6) is 0. The van der Waals surface area contributed by atoms with Gasteiger partial charge in [-0.05, 0) is 177 Å². The zero-order valence-electron chi connectivity index (χ0n) is 36.3. The first-order chi connectivity index (χ1) is 31.2. The van der Waals surface area contributed by atoms with Gasteiger partial charge in [-0.3, -0.25) is 0 Å². The van der Waals surface area contributed by atoms with E-state index in [1.165, 1.54) is 104 Å². The summed E-state index contributed by atoms with van der Waals surface area (Å²) in [5.41, 5.74) is 15.6. The fraction of sp³-hybridized carbons (Fsp3) is 0.0968. The van der Waals surface area contributed by atoms with Crippen molar-refractivity contribution in [3.63, 3.8) is 0 Å². The molecule has 2 aliphatic rings. The molecule has 1 aromatic heterocycles. The van der Waals surface area contributed by atoms with Gasteiger partial charge in [0, 0.05) is 38.7 Å². The second kappa shape index (κ2) is 12.5. The molecule has 0 saturated carbocycles. The molecule has 0 atom stereocenters. The van der Waals surface area contributed by atoms with Crippen LogP contribution in [0.1, 0.15) is 49.9 Å². The van der Waals surface area contributed by atoms with Crippen molar-refractivity contribution in [3.05, 3.63) is 210 Å². The molecule has 0 aliphatic heterocycles. The predicted octanol–water partition coefficient (Wildman–Crippen LogP) is 17.4. The monoisotopic (exact) mass is 817 g/mol. The molecule has 0 unspecified atom stereocenters. The Morgan fingerprint density at radius 3 is 1.47 bits per heavy atom. The van der Waals surface area contributed by atoms with E-state index in [4.69, 9.17) is 4.42 Å². The van der Waals surface area contributed by atoms with Crippen molar-refractivity contribution >= 4 is 92.9 Å². The standard InChI is InChI=1S/C62H43NO/c1-61(2)55-30-37-14-6-5-13-36(37)28-51(55)52-29-38-21-22-40(27-39(38)31-56(52)61)63(41-23-25-47-45-17-8-7-15-43(45)44-16-9-10-18-46(44)50(47)32-41)42-24-26-48-53-34-54-49-19-11-12-20-59(49)64-60(54)35-58(53)62(3,4)57(48)33-42/h5-35H,1-4H3. The van der Waals surface area contributed by atoms with Gasteiger partial charge in [0.1, 0.15) is 11.2 Å². The number of nitrogens with zero attached hydrogens (tertiary/aromatic N) is 1. The van der Waals surface area contributed by atoms with Crippen LogP contribution in [0.4, 0.5) is 17.1 Å². The Balaban J connectivity index is 0.984. The molecular formula is C62H43NO. The number of furan rings is 1. The largest absolute Gasteiger partial charge is 0.456 e. The fourth-order valence-corrected chi connectivity index (χ4v) is 11.9. The van der Waals surface area contributed by atoms with Crippen LogP contribution in [0.5, 0.6) is 0 Å². The van der Waals surface area contributed by atoms with E-state index in [1.54, 1.807) is 0 Å². The minimum absolute atomic E-state index is 0.130. The Kier molecular flexibility index (Phi) is 7.00. The number of hydrogen-bond donors (Lipinski definition) is 0. The molecule has 11 aromatic carbocycles. The average molecular weight is 818 g/mol. The molecule has 0 amide bonds. The number of anilines is 3. The van der Waals surface area contributed by atoms with Crippen LogP contribution in [0.15, 0.2) is 192 Å². The van der Waals surface area contributed by atoms with E-state index in [9.17, 15) is 0 Å². The maximum Gasteiger partial charge on any atom is 0.135 e. The Morgan fingerprint density at radius 1 is 0.297 bits per heavy atom. The molecule has 302 valence electrons. The molecule has 0 fully saturated rings. The smallest absolute Gasteiger partial charge is 0.135 e. The van der Waals surface area contributed by atoms with Gasteiger partial charge in [0.2, 0.25) is 0 Å². The molecule has 2 heteroatoms. The summed E-state index contributed by atoms with van der Waals surface area (Å²) < 4.78 is 6.44. The maximum absolute atomic E-state index is 6.44. The molecule has 14 rings (SSSR count). The summed E-state index contributed by atoms with van der Waals surface area (Å²) >= 11 is 0. The van der Waals surface area contributed by atoms with Crippen LogP contribution in [0.2, 0.25) is 0 Å². The van der Waals surface area contributed by atoms with Crippen molar-refractivity contribution < 1.29 is 4.42 Å². The molecule has 1 heterocycles. The van der Waals surface area contributed by atoms with E-state index in [0.717, 1.165) is 33.6 Å². The third-order valence-electron chi connectivity index (χ3n) is 15.1. The lowest BCUT2D eigenvalue weighted by Crippen LogP contribution is -2.16. The summed E-state index contributed by atoms with van der Waals surface area (Å²) in [6.45, 7) is 9.52. The third kappa shape index (κ3) is 4.80. The summed E-state index contributed by atoms with van der Waals surface area (Å²) in [7, 11) is 0. The van der Waals surface area contributed by atoms with E-state index in [-0.39, 0.29) is 10.8 Å². The van der Waals surface area contributed by atoms with E-state index < -0.39 is 0 Å². The first kappa shape index (κ1) is 35.9. The van der Waals surface area contributed by atoms with Crippen LogP contribution in [0, 0.1) is 0 Å². The zero-order chi connectivity index (χ0) is 42.6. The fourth-order valence-electron chi connectivity index (χ4n) is 11.9. The zero-order valence-corrected chi connectivity index (χ0v) is 36.3. The summed E-state index contributed by atoms with van der Waals surface area (Å²) in [6.07, 6.45) is 0. The van der Waals surface area contributed by atoms with Gasteiger partial charge in [0.15, 0.2) is 0 Å². The lowest BCUT2D eigenvalue weighted by molar-refractivity contribution is 0.647. The quantitative estimate of drug-likeness (QED) is 0.165. The molecule has 2 aliphatic carbocycles. The van der Waals surface area contributed by atoms with Gasteiger partial charge >= 0.3 is 0 Å². The van der Waals surface area contributed by atoms with Crippen LogP contribution in [-0.4, -0.2) is 0 Å². The van der Waals surface area contributed by atoms with Gasteiger partial charge in [0.05, 0.1) is 0 Å². The molecule has 0 radical (unpaired) electrons. The van der Waals surface area contributed by atoms with Crippen molar-refractivity contribution in [2.75, 3.05) is 4.90 Å². The molecule has 0 saturated heterocycles. The SMILES string of the molecule is CC1(C)c2cc3ccccc3cc2-c2cc3ccc(N(c4ccc5c(c4)C(C)(C)c4cc6oc7ccccc7c6cc4-5)c4ccc5c6ccccc6c6ccccc6c5c4)cc3cc21. The Hall–Kier alpha value is -7.68. The lowest BCUT2D eigenvalue weighted by atomic mass is 9.81. The second-order valence-electron chi connectivity index (χ2n) is 19.3. The summed E-state index contributed by atoms with van der Waals surface area (Å²) in [5, 5.41) is 15.0. The second-order valence-corrected chi connectivity index (χ2v) is 19.3. The van der Waals surface area contributed by atoms with E-state index >= 15 is 0 Å². The number of rotatable bonds is 3. The first-order valence-electron chi connectivity index (χ1n) is 22.6. The minimum Gasteiger partial charge on any atom is -0.456 e. The molecule has 2 nitrogen and oxygen atoms in total. The number of para-hydroxylation sites is 1. The van der Waals surface area contributed by atoms with Crippen molar-refractivity contribution in [1.29, 1.82) is 0 Å². The van der Waals surface area contributed by atoms with Gasteiger partial charge < -0.3 is 9.32 Å². The first-order valence-corrected chi connectivity index (χ1v) is 22.6. The van der Waals surface area contributed by atoms with Crippen molar-refractivity contribution in [1.82, 2.24) is 0 Å². The van der Waals surface area contributed by atoms with Crippen molar-refractivity contribution in [2.24, 2.45) is 0 Å². The lowest BCUT2D eigenvalue weighted by Gasteiger charge is -2.29. The highest BCUT2D eigenvalue weighted by atomic mass is 16.3. The molecule has 12 aromatic rings. The highest BCUT2D eigenvalue weighted by molar-refractivity contribution is 6.26. The van der Waals surface area contributed by atoms with Gasteiger partial charge in [0.25, 0.3) is 0 Å². The normalized spacial score (nSPS) is 14.5. The summed E-state index contributed by atoms with van der Waals surface area (Å²) in [4.78, 5) is 2.49. The van der Waals surface area contributed by atoms with Crippen LogP contribution in [-0.2, 0) is 10.8 Å². The highest BCUT2D eigenvalue weighted by Crippen LogP contribution is 2.54. The predicted molar refractivity (Wildman–Crippen MR) is 271 cm³/mol. The van der Waals surface area contributed by atoms with E-state index in [0.29, 0.717) is 0 Å². The Morgan fingerprint density at radius 2 is 0.766 bits per heavy atom. The molecule has 64 heavy (non-hydrogen) atoms. The number of benzene rings is 11. The molecule has 0 N–H and O–H groups in total. The van der Waals surface area contributed by atoms with E-state index in [2.05, 4.69) is 221 Å². The van der Waals surface area contributed by atoms with Gasteiger partial charge in [-0.1, -0.05) is 137 Å². The Labute approximate surface area is 371 Å². The minimum atomic E-state index is -0.243. The third-order valence-corrected chi connectivity index (χ3v) is 15.1. The van der Waals surface area contributed by atoms with Crippen molar-refractivity contribution in [3.8, 4) is 22.3 Å². The average Bonchev–Trinajstić information content (AvgIpc) is 3.88. The van der Waals surface area contributed by atoms with Gasteiger partial charge in [-0.25, -0.2) is 0 Å². The van der Waals surface area contributed by atoms with Crippen LogP contribution >= 0.6 is 0 Å². The summed E-state index contributed by atoms with van der Waals surface area (Å²) in [6, 6.07) is 70.6. The number of fused-ring (bicyclic) bond motifs is 17. The maximum atomic E-state index is 6.44. The Bertz CT molecular complexity index is 4000. The molecule has 0 bridgehead atoms. The topological polar surface area (TPSA) is 16.4 Å². The van der Waals surface area contributed by atoms with Crippen molar-refractivity contribution in [2.45, 2.75) is 38.5 Å². The van der Waals surface area contributed by atoms with Crippen LogP contribution in [0.3, 0.4) is 0 Å². The van der Waals surface area contributed by atoms with Crippen LogP contribution in [0.25, 0.3) is 98.1 Å². The van der Waals surface area contributed by atoms with Gasteiger partial charge in [-0.2, -0.15) is 0 Å². The van der Waals surface area contributed by atoms with E-state index in [1.807, 2.05) is 0 Å². The molecule has 0 spiro atoms. The van der Waals surface area contributed by atoms with Crippen LogP contribution < -0.4 is 4.90 Å². The molecular weight excluding hydrogens is 775 g/mol. The van der Waals surface area contributed by atoms with Gasteiger partial charge in [-0.15, -0.1) is 0 Å². The number of hydrogen-bond acceptors (Lipinski definition) is 2. The highest BCUT2D eigenvalue weighted by Gasteiger charge is 2.38.